The van der Waals surface area contributed by atoms with Gasteiger partial charge >= 0.3 is 0 Å². The van der Waals surface area contributed by atoms with Crippen molar-refractivity contribution in [1.29, 1.82) is 0 Å². The van der Waals surface area contributed by atoms with E-state index < -0.39 is 6.10 Å². The lowest BCUT2D eigenvalue weighted by atomic mass is 10.0. The van der Waals surface area contributed by atoms with Crippen LogP contribution in [0.1, 0.15) is 65.5 Å². The van der Waals surface area contributed by atoms with Gasteiger partial charge in [0, 0.05) is 18.1 Å². The lowest BCUT2D eigenvalue weighted by Gasteiger charge is -2.24. The molecule has 1 rings (SSSR count). The fraction of sp³-hybridized carbons (Fsp3) is 0.667. The second kappa shape index (κ2) is 9.12. The van der Waals surface area contributed by atoms with Crippen LogP contribution in [0, 0.1) is 0 Å². The molecule has 3 nitrogen and oxygen atoms in total. The van der Waals surface area contributed by atoms with Gasteiger partial charge < -0.3 is 15.7 Å². The molecule has 0 heterocycles. The Morgan fingerprint density at radius 1 is 1.13 bits per heavy atom. The van der Waals surface area contributed by atoms with E-state index in [4.69, 9.17) is 23.2 Å². The predicted molar refractivity (Wildman–Crippen MR) is 102 cm³/mol. The fourth-order valence-electron chi connectivity index (χ4n) is 2.37. The van der Waals surface area contributed by atoms with Crippen molar-refractivity contribution in [1.82, 2.24) is 5.32 Å². The lowest BCUT2D eigenvalue weighted by molar-refractivity contribution is 0.163. The molecule has 0 radical (unpaired) electrons. The molecular weight excluding hydrogens is 331 g/mol. The quantitative estimate of drug-likeness (QED) is 0.580. The van der Waals surface area contributed by atoms with Gasteiger partial charge in [-0.1, -0.05) is 43.5 Å². The van der Waals surface area contributed by atoms with Gasteiger partial charge in [0.2, 0.25) is 0 Å². The number of aliphatic hydroxyl groups is 1. The standard InChI is InChI=1S/C18H30Cl2N2O/c1-6-8-13(7-2)22-17-14(19)9-12(10-15(17)20)16(23)11-21-18(3,4)5/h9-10,13,16,21-23H,6-8,11H2,1-5H3. The summed E-state index contributed by atoms with van der Waals surface area (Å²) in [7, 11) is 0. The lowest BCUT2D eigenvalue weighted by Crippen LogP contribution is -2.38. The Hall–Kier alpha value is -0.480. The molecule has 0 spiro atoms. The summed E-state index contributed by atoms with van der Waals surface area (Å²) in [5.41, 5.74) is 1.43. The molecule has 0 aliphatic rings. The van der Waals surface area contributed by atoms with Crippen molar-refractivity contribution in [2.75, 3.05) is 11.9 Å². The number of hydrogen-bond donors (Lipinski definition) is 3. The fourth-order valence-corrected chi connectivity index (χ4v) is 2.99. The number of β-amino-alcohol motifs (C(OH)–C–C–N with tert-alkyl or cyclic N) is 1. The van der Waals surface area contributed by atoms with Gasteiger partial charge in [0.1, 0.15) is 0 Å². The van der Waals surface area contributed by atoms with Gasteiger partial charge in [-0.2, -0.15) is 0 Å². The van der Waals surface area contributed by atoms with Gasteiger partial charge in [-0.05, 0) is 51.3 Å². The molecule has 0 aromatic heterocycles. The molecule has 1 aromatic rings. The van der Waals surface area contributed by atoms with Crippen molar-refractivity contribution < 1.29 is 5.11 Å². The highest BCUT2D eigenvalue weighted by Gasteiger charge is 2.17. The van der Waals surface area contributed by atoms with Gasteiger partial charge in [0.25, 0.3) is 0 Å². The third-order valence-electron chi connectivity index (χ3n) is 3.75. The van der Waals surface area contributed by atoms with Gasteiger partial charge in [-0.15, -0.1) is 0 Å². The van der Waals surface area contributed by atoms with Gasteiger partial charge in [0.15, 0.2) is 0 Å². The second-order valence-corrected chi connectivity index (χ2v) is 7.86. The first-order valence-corrected chi connectivity index (χ1v) is 9.12. The molecule has 1 aromatic carbocycles. The van der Waals surface area contributed by atoms with E-state index in [9.17, 15) is 5.11 Å². The van der Waals surface area contributed by atoms with E-state index in [1.807, 2.05) is 0 Å². The maximum Gasteiger partial charge on any atom is 0.0915 e. The molecule has 0 aliphatic carbocycles. The van der Waals surface area contributed by atoms with Crippen LogP contribution in [0.5, 0.6) is 0 Å². The molecule has 0 bridgehead atoms. The van der Waals surface area contributed by atoms with Crippen molar-refractivity contribution in [3.05, 3.63) is 27.7 Å². The van der Waals surface area contributed by atoms with Crippen LogP contribution in [0.4, 0.5) is 5.69 Å². The van der Waals surface area contributed by atoms with Crippen molar-refractivity contribution in [3.8, 4) is 0 Å². The van der Waals surface area contributed by atoms with Crippen molar-refractivity contribution in [2.24, 2.45) is 0 Å². The van der Waals surface area contributed by atoms with Crippen LogP contribution >= 0.6 is 23.2 Å². The molecule has 0 saturated heterocycles. The number of anilines is 1. The summed E-state index contributed by atoms with van der Waals surface area (Å²) < 4.78 is 0. The zero-order chi connectivity index (χ0) is 17.6. The van der Waals surface area contributed by atoms with Gasteiger partial charge in [-0.25, -0.2) is 0 Å². The number of hydrogen-bond acceptors (Lipinski definition) is 3. The maximum absolute atomic E-state index is 10.3. The Morgan fingerprint density at radius 2 is 1.70 bits per heavy atom. The molecule has 2 atom stereocenters. The normalized spacial score (nSPS) is 14.6. The maximum atomic E-state index is 10.3. The summed E-state index contributed by atoms with van der Waals surface area (Å²) in [6, 6.07) is 3.95. The molecule has 2 unspecified atom stereocenters. The second-order valence-electron chi connectivity index (χ2n) is 7.04. The average Bonchev–Trinajstić information content (AvgIpc) is 2.46. The Kier molecular flexibility index (Phi) is 8.15. The first kappa shape index (κ1) is 20.6. The van der Waals surface area contributed by atoms with Gasteiger partial charge in [0.05, 0.1) is 21.8 Å². The number of rotatable bonds is 8. The van der Waals surface area contributed by atoms with Crippen LogP contribution in [-0.2, 0) is 0 Å². The van der Waals surface area contributed by atoms with E-state index in [-0.39, 0.29) is 5.54 Å². The number of nitrogens with one attached hydrogen (secondary N) is 2. The van der Waals surface area contributed by atoms with Crippen LogP contribution in [0.25, 0.3) is 0 Å². The summed E-state index contributed by atoms with van der Waals surface area (Å²) >= 11 is 12.8. The van der Waals surface area contributed by atoms with Crippen molar-refractivity contribution >= 4 is 28.9 Å². The van der Waals surface area contributed by atoms with Crippen molar-refractivity contribution in [2.45, 2.75) is 71.6 Å². The van der Waals surface area contributed by atoms with E-state index in [0.717, 1.165) is 30.5 Å². The van der Waals surface area contributed by atoms with E-state index in [1.165, 1.54) is 0 Å². The minimum Gasteiger partial charge on any atom is -0.387 e. The molecule has 23 heavy (non-hydrogen) atoms. The SMILES string of the molecule is CCCC(CC)Nc1c(Cl)cc(C(O)CNC(C)(C)C)cc1Cl. The number of halogens is 2. The zero-order valence-corrected chi connectivity index (χ0v) is 16.4. The summed E-state index contributed by atoms with van der Waals surface area (Å²) in [6.07, 6.45) is 2.55. The highest BCUT2D eigenvalue weighted by Crippen LogP contribution is 2.35. The zero-order valence-electron chi connectivity index (χ0n) is 14.8. The molecule has 132 valence electrons. The smallest absolute Gasteiger partial charge is 0.0915 e. The third kappa shape index (κ3) is 6.88. The Balaban J connectivity index is 2.87. The third-order valence-corrected chi connectivity index (χ3v) is 4.35. The van der Waals surface area contributed by atoms with E-state index in [2.05, 4.69) is 45.3 Å². The number of benzene rings is 1. The summed E-state index contributed by atoms with van der Waals surface area (Å²) in [4.78, 5) is 0. The van der Waals surface area contributed by atoms with Crippen LogP contribution in [0.3, 0.4) is 0 Å². The highest BCUT2D eigenvalue weighted by molar-refractivity contribution is 6.39. The van der Waals surface area contributed by atoms with Gasteiger partial charge in [-0.3, -0.25) is 0 Å². The summed E-state index contributed by atoms with van der Waals surface area (Å²) in [6.45, 7) is 10.9. The molecule has 0 amide bonds. The van der Waals surface area contributed by atoms with Crippen LogP contribution in [0.2, 0.25) is 10.0 Å². The summed E-state index contributed by atoms with van der Waals surface area (Å²) in [5.74, 6) is 0. The van der Waals surface area contributed by atoms with Crippen LogP contribution in [-0.4, -0.2) is 23.2 Å². The highest BCUT2D eigenvalue weighted by atomic mass is 35.5. The Bertz CT molecular complexity index is 477. The Morgan fingerprint density at radius 3 is 2.13 bits per heavy atom. The minimum atomic E-state index is -0.643. The molecule has 0 saturated carbocycles. The van der Waals surface area contributed by atoms with E-state index in [0.29, 0.717) is 22.6 Å². The molecular formula is C18H30Cl2N2O. The largest absolute Gasteiger partial charge is 0.387 e. The minimum absolute atomic E-state index is 0.0510. The first-order chi connectivity index (χ1) is 10.7. The topological polar surface area (TPSA) is 44.3 Å². The van der Waals surface area contributed by atoms with E-state index >= 15 is 0 Å². The Labute approximate surface area is 150 Å². The molecule has 0 fully saturated rings. The molecule has 3 N–H and O–H groups in total. The van der Waals surface area contributed by atoms with Crippen LogP contribution < -0.4 is 10.6 Å². The van der Waals surface area contributed by atoms with Crippen LogP contribution in [0.15, 0.2) is 12.1 Å². The van der Waals surface area contributed by atoms with E-state index in [1.54, 1.807) is 12.1 Å². The molecule has 5 heteroatoms. The van der Waals surface area contributed by atoms with Crippen molar-refractivity contribution in [3.63, 3.8) is 0 Å². The average molecular weight is 361 g/mol. The number of aliphatic hydroxyl groups excluding tert-OH is 1. The predicted octanol–water partition coefficient (Wildman–Crippen LogP) is 5.41. The molecule has 0 aliphatic heterocycles. The summed E-state index contributed by atoms with van der Waals surface area (Å²) in [5, 5.41) is 18.1. The first-order valence-electron chi connectivity index (χ1n) is 8.36. The monoisotopic (exact) mass is 360 g/mol.